The van der Waals surface area contributed by atoms with Gasteiger partial charge in [0.25, 0.3) is 0 Å². The Kier molecular flexibility index (Phi) is 3.00. The van der Waals surface area contributed by atoms with Gasteiger partial charge in [-0.2, -0.15) is 0 Å². The van der Waals surface area contributed by atoms with E-state index in [0.29, 0.717) is 11.3 Å². The fraction of sp³-hybridized carbons (Fsp3) is 0.143. The Morgan fingerprint density at radius 3 is 2.59 bits per heavy atom. The molecular formula is C14H14FNO. The minimum atomic E-state index is -0.348. The normalized spacial score (nSPS) is 10.3. The molecule has 0 spiro atoms. The van der Waals surface area contributed by atoms with Crippen LogP contribution in [0.2, 0.25) is 0 Å². The summed E-state index contributed by atoms with van der Waals surface area (Å²) in [7, 11) is 1.45. The molecule has 17 heavy (non-hydrogen) atoms. The van der Waals surface area contributed by atoms with Gasteiger partial charge in [-0.3, -0.25) is 0 Å². The van der Waals surface area contributed by atoms with Crippen molar-refractivity contribution in [3.8, 4) is 16.9 Å². The van der Waals surface area contributed by atoms with Crippen molar-refractivity contribution in [2.75, 3.05) is 12.8 Å². The maximum absolute atomic E-state index is 14.0. The van der Waals surface area contributed by atoms with Gasteiger partial charge in [-0.05, 0) is 36.2 Å². The summed E-state index contributed by atoms with van der Waals surface area (Å²) < 4.78 is 19.0. The molecule has 0 bridgehead atoms. The molecule has 0 atom stereocenters. The third kappa shape index (κ3) is 2.09. The zero-order valence-corrected chi connectivity index (χ0v) is 9.83. The van der Waals surface area contributed by atoms with Crippen LogP contribution in [-0.2, 0) is 0 Å². The Morgan fingerprint density at radius 2 is 1.94 bits per heavy atom. The lowest BCUT2D eigenvalue weighted by atomic mass is 10.0. The summed E-state index contributed by atoms with van der Waals surface area (Å²) in [6, 6.07) is 10.5. The molecule has 0 aliphatic rings. The van der Waals surface area contributed by atoms with E-state index >= 15 is 0 Å². The molecule has 2 N–H and O–H groups in total. The molecule has 0 aromatic heterocycles. The highest BCUT2D eigenvalue weighted by Crippen LogP contribution is 2.30. The van der Waals surface area contributed by atoms with E-state index in [9.17, 15) is 4.39 Å². The third-order valence-electron chi connectivity index (χ3n) is 2.76. The molecule has 0 aliphatic carbocycles. The Hall–Kier alpha value is -2.03. The van der Waals surface area contributed by atoms with Crippen LogP contribution in [0.1, 0.15) is 5.56 Å². The van der Waals surface area contributed by atoms with Crippen molar-refractivity contribution in [2.24, 2.45) is 0 Å². The highest BCUT2D eigenvalue weighted by Gasteiger charge is 2.10. The SMILES string of the molecule is COc1cccc(-c2ccc(N)c(C)c2)c1F. The van der Waals surface area contributed by atoms with Crippen molar-refractivity contribution in [3.63, 3.8) is 0 Å². The average molecular weight is 231 g/mol. The minimum Gasteiger partial charge on any atom is -0.494 e. The van der Waals surface area contributed by atoms with E-state index in [1.807, 2.05) is 13.0 Å². The van der Waals surface area contributed by atoms with Crippen LogP contribution in [0.25, 0.3) is 11.1 Å². The molecule has 2 aromatic carbocycles. The van der Waals surface area contributed by atoms with Gasteiger partial charge in [0.2, 0.25) is 0 Å². The predicted molar refractivity (Wildman–Crippen MR) is 67.5 cm³/mol. The highest BCUT2D eigenvalue weighted by molar-refractivity contribution is 5.69. The number of hydrogen-bond acceptors (Lipinski definition) is 2. The van der Waals surface area contributed by atoms with Crippen LogP contribution < -0.4 is 10.5 Å². The molecule has 0 saturated carbocycles. The lowest BCUT2D eigenvalue weighted by Crippen LogP contribution is -1.93. The fourth-order valence-corrected chi connectivity index (χ4v) is 1.73. The predicted octanol–water partition coefficient (Wildman–Crippen LogP) is 3.39. The van der Waals surface area contributed by atoms with Gasteiger partial charge in [0, 0.05) is 11.3 Å². The summed E-state index contributed by atoms with van der Waals surface area (Å²) in [6.07, 6.45) is 0. The molecule has 0 fully saturated rings. The quantitative estimate of drug-likeness (QED) is 0.804. The fourth-order valence-electron chi connectivity index (χ4n) is 1.73. The van der Waals surface area contributed by atoms with Crippen molar-refractivity contribution >= 4 is 5.69 Å². The molecular weight excluding hydrogens is 217 g/mol. The summed E-state index contributed by atoms with van der Waals surface area (Å²) in [5, 5.41) is 0. The first-order valence-corrected chi connectivity index (χ1v) is 5.32. The Labute approximate surface area is 99.8 Å². The van der Waals surface area contributed by atoms with Crippen LogP contribution in [0, 0.1) is 12.7 Å². The summed E-state index contributed by atoms with van der Waals surface area (Å²) >= 11 is 0. The average Bonchev–Trinajstić information content (AvgIpc) is 2.33. The molecule has 0 unspecified atom stereocenters. The number of anilines is 1. The first-order chi connectivity index (χ1) is 8.13. The molecule has 0 aliphatic heterocycles. The molecule has 0 heterocycles. The van der Waals surface area contributed by atoms with Gasteiger partial charge in [0.15, 0.2) is 11.6 Å². The van der Waals surface area contributed by atoms with Crippen LogP contribution >= 0.6 is 0 Å². The number of hydrogen-bond donors (Lipinski definition) is 1. The standard InChI is InChI=1S/C14H14FNO/c1-9-8-10(6-7-12(9)16)11-4-3-5-13(17-2)14(11)15/h3-8H,16H2,1-2H3. The lowest BCUT2D eigenvalue weighted by Gasteiger charge is -2.09. The number of ether oxygens (including phenoxy) is 1. The van der Waals surface area contributed by atoms with Crippen LogP contribution in [0.15, 0.2) is 36.4 Å². The highest BCUT2D eigenvalue weighted by atomic mass is 19.1. The maximum Gasteiger partial charge on any atom is 0.172 e. The van der Waals surface area contributed by atoms with Crippen molar-refractivity contribution in [1.82, 2.24) is 0 Å². The second-order valence-corrected chi connectivity index (χ2v) is 3.89. The zero-order valence-electron chi connectivity index (χ0n) is 9.83. The number of aryl methyl sites for hydroxylation is 1. The molecule has 2 aromatic rings. The van der Waals surface area contributed by atoms with Gasteiger partial charge in [-0.15, -0.1) is 0 Å². The monoisotopic (exact) mass is 231 g/mol. The first kappa shape index (κ1) is 11.5. The number of benzene rings is 2. The zero-order chi connectivity index (χ0) is 12.4. The second-order valence-electron chi connectivity index (χ2n) is 3.89. The van der Waals surface area contributed by atoms with Gasteiger partial charge in [0.1, 0.15) is 0 Å². The molecule has 0 saturated heterocycles. The first-order valence-electron chi connectivity index (χ1n) is 5.32. The van der Waals surface area contributed by atoms with E-state index in [2.05, 4.69) is 0 Å². The molecule has 0 amide bonds. The smallest absolute Gasteiger partial charge is 0.172 e. The van der Waals surface area contributed by atoms with Crippen LogP contribution in [0.3, 0.4) is 0 Å². The van der Waals surface area contributed by atoms with Crippen LogP contribution in [0.5, 0.6) is 5.75 Å². The molecule has 88 valence electrons. The van der Waals surface area contributed by atoms with Crippen LogP contribution in [0.4, 0.5) is 10.1 Å². The van der Waals surface area contributed by atoms with E-state index in [0.717, 1.165) is 11.1 Å². The van der Waals surface area contributed by atoms with E-state index in [1.165, 1.54) is 7.11 Å². The van der Waals surface area contributed by atoms with Gasteiger partial charge >= 0.3 is 0 Å². The summed E-state index contributed by atoms with van der Waals surface area (Å²) in [6.45, 7) is 1.90. The summed E-state index contributed by atoms with van der Waals surface area (Å²) in [4.78, 5) is 0. The summed E-state index contributed by atoms with van der Waals surface area (Å²) in [5.41, 5.74) is 8.70. The van der Waals surface area contributed by atoms with E-state index in [1.54, 1.807) is 30.3 Å². The Bertz CT molecular complexity index is 552. The second kappa shape index (κ2) is 4.45. The maximum atomic E-state index is 14.0. The van der Waals surface area contributed by atoms with Gasteiger partial charge in [-0.1, -0.05) is 18.2 Å². The topological polar surface area (TPSA) is 35.2 Å². The largest absolute Gasteiger partial charge is 0.494 e. The van der Waals surface area contributed by atoms with Crippen molar-refractivity contribution in [2.45, 2.75) is 6.92 Å². The lowest BCUT2D eigenvalue weighted by molar-refractivity contribution is 0.387. The number of rotatable bonds is 2. The van der Waals surface area contributed by atoms with E-state index < -0.39 is 0 Å². The number of nitrogens with two attached hydrogens (primary N) is 1. The minimum absolute atomic E-state index is 0.247. The number of halogens is 1. The molecule has 2 rings (SSSR count). The number of methoxy groups -OCH3 is 1. The Morgan fingerprint density at radius 1 is 1.18 bits per heavy atom. The van der Waals surface area contributed by atoms with E-state index in [4.69, 9.17) is 10.5 Å². The molecule has 3 heteroatoms. The van der Waals surface area contributed by atoms with Crippen molar-refractivity contribution in [3.05, 3.63) is 47.8 Å². The molecule has 2 nitrogen and oxygen atoms in total. The van der Waals surface area contributed by atoms with Crippen molar-refractivity contribution in [1.29, 1.82) is 0 Å². The van der Waals surface area contributed by atoms with E-state index in [-0.39, 0.29) is 11.6 Å². The van der Waals surface area contributed by atoms with Crippen molar-refractivity contribution < 1.29 is 9.13 Å². The Balaban J connectivity index is 2.56. The van der Waals surface area contributed by atoms with Gasteiger partial charge < -0.3 is 10.5 Å². The summed E-state index contributed by atoms with van der Waals surface area (Å²) in [5.74, 6) is -0.101. The van der Waals surface area contributed by atoms with Gasteiger partial charge in [-0.25, -0.2) is 4.39 Å². The third-order valence-corrected chi connectivity index (χ3v) is 2.76. The van der Waals surface area contributed by atoms with Crippen LogP contribution in [-0.4, -0.2) is 7.11 Å². The molecule has 0 radical (unpaired) electrons. The number of nitrogen functional groups attached to an aromatic ring is 1. The van der Waals surface area contributed by atoms with Gasteiger partial charge in [0.05, 0.1) is 7.11 Å².